The van der Waals surface area contributed by atoms with Crippen LogP contribution in [-0.2, 0) is 22.3 Å². The molecule has 4 heterocycles. The third-order valence-electron chi connectivity index (χ3n) is 10.6. The lowest BCUT2D eigenvalue weighted by molar-refractivity contribution is 0.00613. The summed E-state index contributed by atoms with van der Waals surface area (Å²) in [5.74, 6) is 2.06. The van der Waals surface area contributed by atoms with E-state index in [2.05, 4.69) is 46.4 Å². The molecule has 2 aromatic heterocycles. The number of aryl methyl sites for hydroxylation is 2. The topological polar surface area (TPSA) is 116 Å². The highest BCUT2D eigenvalue weighted by Crippen LogP contribution is 2.50. The number of hydrogen-bond acceptors (Lipinski definition) is 6. The van der Waals surface area contributed by atoms with Crippen molar-refractivity contribution < 1.29 is 19.1 Å². The van der Waals surface area contributed by atoms with Gasteiger partial charge in [-0.25, -0.2) is 19.6 Å². The van der Waals surface area contributed by atoms with Crippen LogP contribution in [0.1, 0.15) is 109 Å². The number of carbonyl (C=O) groups excluding carboxylic acids is 2. The predicted octanol–water partition coefficient (Wildman–Crippen LogP) is 8.76. The van der Waals surface area contributed by atoms with E-state index in [1.54, 1.807) is 4.90 Å². The molecule has 2 aromatic carbocycles. The Bertz CT molecular complexity index is 1950. The zero-order valence-corrected chi connectivity index (χ0v) is 30.0. The first-order valence-corrected chi connectivity index (χ1v) is 18.2. The minimum absolute atomic E-state index is 0.0796. The molecule has 50 heavy (non-hydrogen) atoms. The van der Waals surface area contributed by atoms with Crippen molar-refractivity contribution in [3.8, 4) is 33.6 Å². The summed E-state index contributed by atoms with van der Waals surface area (Å²) in [5, 5.41) is 0. The number of rotatable bonds is 4. The lowest BCUT2D eigenvalue weighted by Crippen LogP contribution is -2.43. The predicted molar refractivity (Wildman–Crippen MR) is 191 cm³/mol. The first kappa shape index (κ1) is 32.6. The van der Waals surface area contributed by atoms with Gasteiger partial charge in [0.15, 0.2) is 0 Å². The number of piperidine rings is 1. The number of aromatic nitrogens is 4. The highest BCUT2D eigenvalue weighted by atomic mass is 16.6. The van der Waals surface area contributed by atoms with Crippen LogP contribution in [0.2, 0.25) is 0 Å². The van der Waals surface area contributed by atoms with E-state index in [0.29, 0.717) is 12.5 Å². The minimum Gasteiger partial charge on any atom is -0.444 e. The molecule has 2 amide bonds. The smallest absolute Gasteiger partial charge is 0.411 e. The first-order chi connectivity index (χ1) is 23.8. The molecule has 2 aliphatic carbocycles. The minimum atomic E-state index is -0.536. The molecule has 2 N–H and O–H groups in total. The zero-order valence-electron chi connectivity index (χ0n) is 30.0. The van der Waals surface area contributed by atoms with Crippen LogP contribution < -0.4 is 0 Å². The van der Waals surface area contributed by atoms with E-state index in [-0.39, 0.29) is 30.3 Å². The molecule has 3 fully saturated rings. The van der Waals surface area contributed by atoms with Crippen LogP contribution in [0.3, 0.4) is 0 Å². The second-order valence-corrected chi connectivity index (χ2v) is 16.5. The number of H-pyrrole nitrogens is 2. The summed E-state index contributed by atoms with van der Waals surface area (Å²) in [5.41, 5.74) is 8.21. The van der Waals surface area contributed by atoms with Gasteiger partial charge in [-0.1, -0.05) is 24.3 Å². The van der Waals surface area contributed by atoms with Crippen LogP contribution in [0.4, 0.5) is 9.59 Å². The molecule has 4 aliphatic rings. The van der Waals surface area contributed by atoms with Gasteiger partial charge in [0.05, 0.1) is 35.9 Å². The molecule has 4 aromatic rings. The van der Waals surface area contributed by atoms with Crippen molar-refractivity contribution in [1.29, 1.82) is 0 Å². The van der Waals surface area contributed by atoms with Gasteiger partial charge in [0.2, 0.25) is 0 Å². The Kier molecular flexibility index (Phi) is 7.84. The summed E-state index contributed by atoms with van der Waals surface area (Å²) in [6, 6.07) is 13.4. The van der Waals surface area contributed by atoms with Gasteiger partial charge in [0.25, 0.3) is 0 Å². The van der Waals surface area contributed by atoms with Crippen molar-refractivity contribution in [2.24, 2.45) is 5.92 Å². The van der Waals surface area contributed by atoms with E-state index in [4.69, 9.17) is 19.4 Å². The average molecular weight is 677 g/mol. The number of benzene rings is 2. The number of ether oxygens (including phenoxy) is 2. The molecular formula is C40H48N6O4. The number of hydrogen-bond donors (Lipinski definition) is 2. The Labute approximate surface area is 294 Å². The summed E-state index contributed by atoms with van der Waals surface area (Å²) in [4.78, 5) is 46.5. The van der Waals surface area contributed by atoms with Gasteiger partial charge in [-0.3, -0.25) is 9.80 Å². The zero-order chi connectivity index (χ0) is 34.9. The molecule has 1 saturated carbocycles. The summed E-state index contributed by atoms with van der Waals surface area (Å²) < 4.78 is 11.5. The third kappa shape index (κ3) is 6.07. The number of likely N-dealkylation sites (tertiary alicyclic amines) is 2. The Balaban J connectivity index is 0.996. The maximum atomic E-state index is 13.2. The maximum Gasteiger partial charge on any atom is 0.411 e. The second kappa shape index (κ2) is 12.0. The van der Waals surface area contributed by atoms with E-state index in [0.717, 1.165) is 79.1 Å². The third-order valence-corrected chi connectivity index (χ3v) is 10.6. The quantitative estimate of drug-likeness (QED) is 0.223. The van der Waals surface area contributed by atoms with Gasteiger partial charge in [0.1, 0.15) is 22.9 Å². The van der Waals surface area contributed by atoms with Crippen molar-refractivity contribution in [3.05, 3.63) is 71.6 Å². The van der Waals surface area contributed by atoms with Gasteiger partial charge in [-0.05, 0) is 138 Å². The fraction of sp³-hybridized carbons (Fsp3) is 0.500. The number of imidazole rings is 2. The van der Waals surface area contributed by atoms with Crippen molar-refractivity contribution in [2.75, 3.05) is 6.54 Å². The monoisotopic (exact) mass is 676 g/mol. The number of aromatic amines is 2. The van der Waals surface area contributed by atoms with Crippen LogP contribution >= 0.6 is 0 Å². The molecule has 0 spiro atoms. The Hall–Kier alpha value is -4.60. The number of nitrogens with zero attached hydrogens (tertiary/aromatic N) is 4. The normalized spacial score (nSPS) is 22.8. The highest BCUT2D eigenvalue weighted by Gasteiger charge is 2.51. The van der Waals surface area contributed by atoms with Crippen molar-refractivity contribution in [3.63, 3.8) is 0 Å². The van der Waals surface area contributed by atoms with E-state index in [1.165, 1.54) is 22.3 Å². The average Bonchev–Trinajstić information content (AvgIpc) is 3.90. The van der Waals surface area contributed by atoms with Gasteiger partial charge in [-0.15, -0.1) is 0 Å². The van der Waals surface area contributed by atoms with Gasteiger partial charge < -0.3 is 19.4 Å². The maximum absolute atomic E-state index is 13.2. The van der Waals surface area contributed by atoms with E-state index in [9.17, 15) is 9.59 Å². The van der Waals surface area contributed by atoms with E-state index in [1.807, 2.05) is 58.8 Å². The molecule has 2 aliphatic heterocycles. The van der Waals surface area contributed by atoms with Crippen molar-refractivity contribution >= 4 is 12.2 Å². The van der Waals surface area contributed by atoms with Crippen LogP contribution in [0.25, 0.3) is 33.6 Å². The van der Waals surface area contributed by atoms with E-state index < -0.39 is 11.2 Å². The second-order valence-electron chi connectivity index (χ2n) is 16.5. The van der Waals surface area contributed by atoms with Crippen LogP contribution in [0.15, 0.2) is 48.8 Å². The molecular weight excluding hydrogens is 628 g/mol. The lowest BCUT2D eigenvalue weighted by Gasteiger charge is -2.35. The molecule has 4 unspecified atom stereocenters. The summed E-state index contributed by atoms with van der Waals surface area (Å²) in [7, 11) is 0. The van der Waals surface area contributed by atoms with Gasteiger partial charge >= 0.3 is 12.2 Å². The number of nitrogens with one attached hydrogen (secondary N) is 2. The SMILES string of the molecule is CC(C)(C)OC(=O)N1CCCC1c1ncc(-c2ccc3c(c2)CCc2cc(-c4cnc(C5C6CCC(C6)N5C(=O)OC(C)(C)C)[nH]4)ccc2-3)[nH]1. The molecule has 0 radical (unpaired) electrons. The van der Waals surface area contributed by atoms with E-state index >= 15 is 0 Å². The number of carbonyl (C=O) groups is 2. The molecule has 2 saturated heterocycles. The molecule has 262 valence electrons. The van der Waals surface area contributed by atoms with Crippen LogP contribution in [0, 0.1) is 5.92 Å². The molecule has 4 atom stereocenters. The fourth-order valence-electron chi connectivity index (χ4n) is 8.52. The summed E-state index contributed by atoms with van der Waals surface area (Å²) >= 11 is 0. The summed E-state index contributed by atoms with van der Waals surface area (Å²) in [6.45, 7) is 12.1. The van der Waals surface area contributed by atoms with Crippen molar-refractivity contribution in [1.82, 2.24) is 29.7 Å². The van der Waals surface area contributed by atoms with Gasteiger partial charge in [0, 0.05) is 12.6 Å². The lowest BCUT2D eigenvalue weighted by atomic mass is 9.83. The highest BCUT2D eigenvalue weighted by molar-refractivity contribution is 5.79. The first-order valence-electron chi connectivity index (χ1n) is 18.2. The van der Waals surface area contributed by atoms with Crippen molar-refractivity contribution in [2.45, 2.75) is 116 Å². The Morgan fingerprint density at radius 1 is 0.760 bits per heavy atom. The molecule has 10 nitrogen and oxygen atoms in total. The standard InChI is InChI=1S/C40H48N6O4/c1-39(2,3)49-37(47)45-17-7-8-33(45)35-41-21-31(43-35)25-12-15-29-23(18-25)9-10-24-19-26(13-16-30(24)29)32-22-42-36(44-32)34-27-11-14-28(20-27)46(34)38(48)50-40(4,5)6/h12-13,15-16,18-19,21-22,27-28,33-34H,7-11,14,17,20H2,1-6H3,(H,41,43)(H,42,44). The van der Waals surface area contributed by atoms with Gasteiger partial charge in [-0.2, -0.15) is 0 Å². The summed E-state index contributed by atoms with van der Waals surface area (Å²) in [6.07, 6.45) is 10.1. The largest absolute Gasteiger partial charge is 0.444 e. The Morgan fingerprint density at radius 3 is 1.96 bits per heavy atom. The molecule has 2 bridgehead atoms. The number of fused-ring (bicyclic) bond motifs is 5. The molecule has 10 heteroatoms. The van der Waals surface area contributed by atoms with Crippen LogP contribution in [-0.4, -0.2) is 65.7 Å². The fourth-order valence-corrected chi connectivity index (χ4v) is 8.52. The number of amides is 2. The molecule has 8 rings (SSSR count). The van der Waals surface area contributed by atoms with Crippen LogP contribution in [0.5, 0.6) is 0 Å². The Morgan fingerprint density at radius 2 is 1.34 bits per heavy atom.